The first-order valence-electron chi connectivity index (χ1n) is 5.65. The first kappa shape index (κ1) is 15.4. The van der Waals surface area contributed by atoms with Crippen LogP contribution in [0, 0.1) is 10.1 Å². The molecule has 0 aliphatic rings. The van der Waals surface area contributed by atoms with Gasteiger partial charge in [0.25, 0.3) is 11.6 Å². The molecule has 0 unspecified atom stereocenters. The van der Waals surface area contributed by atoms with Crippen molar-refractivity contribution in [3.05, 3.63) is 28.3 Å². The van der Waals surface area contributed by atoms with Gasteiger partial charge in [-0.3, -0.25) is 19.7 Å². The Morgan fingerprint density at radius 2 is 2.05 bits per heavy atom. The van der Waals surface area contributed by atoms with E-state index in [9.17, 15) is 19.7 Å². The standard InChI is InChI=1S/C12H14N2O6/c1-7(20-8(2)15)12(16)13-10-5-4-9(14(17)18)6-11(10)19-3/h4-7H,1-3H3,(H,13,16)/t7-/m1/s1. The highest BCUT2D eigenvalue weighted by molar-refractivity contribution is 5.96. The Bertz CT molecular complexity index is 543. The smallest absolute Gasteiger partial charge is 0.303 e. The van der Waals surface area contributed by atoms with Crippen LogP contribution < -0.4 is 10.1 Å². The molecule has 1 rings (SSSR count). The first-order chi connectivity index (χ1) is 9.35. The van der Waals surface area contributed by atoms with Crippen LogP contribution >= 0.6 is 0 Å². The lowest BCUT2D eigenvalue weighted by molar-refractivity contribution is -0.384. The maximum Gasteiger partial charge on any atom is 0.303 e. The molecule has 1 amide bonds. The van der Waals surface area contributed by atoms with E-state index in [-0.39, 0.29) is 17.1 Å². The SMILES string of the molecule is COc1cc([N+](=O)[O-])ccc1NC(=O)[C@@H](C)OC(C)=O. The average Bonchev–Trinajstić information content (AvgIpc) is 2.37. The van der Waals surface area contributed by atoms with Crippen LogP contribution in [0.25, 0.3) is 0 Å². The van der Waals surface area contributed by atoms with E-state index in [1.165, 1.54) is 39.2 Å². The van der Waals surface area contributed by atoms with Crippen LogP contribution in [0.3, 0.4) is 0 Å². The zero-order valence-corrected chi connectivity index (χ0v) is 11.2. The number of hydrogen-bond donors (Lipinski definition) is 1. The number of non-ortho nitro benzene ring substituents is 1. The molecular weight excluding hydrogens is 268 g/mol. The van der Waals surface area contributed by atoms with E-state index in [1.807, 2.05) is 0 Å². The topological polar surface area (TPSA) is 108 Å². The van der Waals surface area contributed by atoms with Gasteiger partial charge in [-0.1, -0.05) is 0 Å². The Hall–Kier alpha value is -2.64. The van der Waals surface area contributed by atoms with E-state index in [0.717, 1.165) is 0 Å². The Balaban J connectivity index is 2.89. The fourth-order valence-corrected chi connectivity index (χ4v) is 1.43. The summed E-state index contributed by atoms with van der Waals surface area (Å²) in [6.45, 7) is 2.60. The molecule has 1 atom stereocenters. The van der Waals surface area contributed by atoms with Crippen molar-refractivity contribution >= 4 is 23.3 Å². The highest BCUT2D eigenvalue weighted by Crippen LogP contribution is 2.29. The van der Waals surface area contributed by atoms with Crippen LogP contribution in [0.15, 0.2) is 18.2 Å². The van der Waals surface area contributed by atoms with Gasteiger partial charge in [-0.05, 0) is 13.0 Å². The van der Waals surface area contributed by atoms with Crippen LogP contribution in [0.1, 0.15) is 13.8 Å². The molecule has 0 aliphatic heterocycles. The summed E-state index contributed by atoms with van der Waals surface area (Å²) in [6.07, 6.45) is -0.979. The molecule has 1 aromatic carbocycles. The number of rotatable bonds is 5. The lowest BCUT2D eigenvalue weighted by atomic mass is 10.2. The molecular formula is C12H14N2O6. The molecule has 0 saturated heterocycles. The minimum absolute atomic E-state index is 0.141. The lowest BCUT2D eigenvalue weighted by Crippen LogP contribution is -2.29. The van der Waals surface area contributed by atoms with Crippen molar-refractivity contribution in [1.82, 2.24) is 0 Å². The van der Waals surface area contributed by atoms with Gasteiger partial charge in [-0.25, -0.2) is 0 Å². The molecule has 1 N–H and O–H groups in total. The number of carbonyl (C=O) groups excluding carboxylic acids is 2. The summed E-state index contributed by atoms with van der Waals surface area (Å²) in [5.41, 5.74) is 0.0926. The number of ether oxygens (including phenoxy) is 2. The van der Waals surface area contributed by atoms with Gasteiger partial charge in [-0.2, -0.15) is 0 Å². The Labute approximate surface area is 114 Å². The number of nitrogens with one attached hydrogen (secondary N) is 1. The number of hydrogen-bond acceptors (Lipinski definition) is 6. The van der Waals surface area contributed by atoms with Gasteiger partial charge in [-0.15, -0.1) is 0 Å². The normalized spacial score (nSPS) is 11.3. The predicted molar refractivity (Wildman–Crippen MR) is 69.5 cm³/mol. The Morgan fingerprint density at radius 1 is 1.40 bits per heavy atom. The fourth-order valence-electron chi connectivity index (χ4n) is 1.43. The lowest BCUT2D eigenvalue weighted by Gasteiger charge is -2.14. The molecule has 0 spiro atoms. The number of nitrogens with zero attached hydrogens (tertiary/aromatic N) is 1. The summed E-state index contributed by atoms with van der Waals surface area (Å²) < 4.78 is 9.69. The number of benzene rings is 1. The first-order valence-corrected chi connectivity index (χ1v) is 5.65. The largest absolute Gasteiger partial charge is 0.494 e. The fraction of sp³-hybridized carbons (Fsp3) is 0.333. The van der Waals surface area contributed by atoms with Gasteiger partial charge in [0.1, 0.15) is 5.75 Å². The Kier molecular flexibility index (Phi) is 5.01. The average molecular weight is 282 g/mol. The third-order valence-corrected chi connectivity index (χ3v) is 2.37. The van der Waals surface area contributed by atoms with Crippen molar-refractivity contribution in [3.63, 3.8) is 0 Å². The zero-order valence-electron chi connectivity index (χ0n) is 11.2. The number of anilines is 1. The van der Waals surface area contributed by atoms with Crippen LogP contribution in [-0.2, 0) is 14.3 Å². The van der Waals surface area contributed by atoms with Crippen molar-refractivity contribution in [2.75, 3.05) is 12.4 Å². The van der Waals surface area contributed by atoms with Crippen molar-refractivity contribution in [2.24, 2.45) is 0 Å². The van der Waals surface area contributed by atoms with Crippen molar-refractivity contribution < 1.29 is 24.0 Å². The third kappa shape index (κ3) is 3.94. The minimum atomic E-state index is -0.979. The molecule has 108 valence electrons. The molecule has 0 heterocycles. The molecule has 0 aliphatic carbocycles. The second kappa shape index (κ2) is 6.50. The van der Waals surface area contributed by atoms with Gasteiger partial charge in [0.05, 0.1) is 23.8 Å². The number of amides is 1. The number of nitro groups is 1. The van der Waals surface area contributed by atoms with E-state index >= 15 is 0 Å². The summed E-state index contributed by atoms with van der Waals surface area (Å²) >= 11 is 0. The highest BCUT2D eigenvalue weighted by atomic mass is 16.6. The summed E-state index contributed by atoms with van der Waals surface area (Å²) in [5, 5.41) is 13.1. The maximum absolute atomic E-state index is 11.8. The van der Waals surface area contributed by atoms with E-state index in [4.69, 9.17) is 9.47 Å². The van der Waals surface area contributed by atoms with Crippen molar-refractivity contribution in [2.45, 2.75) is 20.0 Å². The summed E-state index contributed by atoms with van der Waals surface area (Å²) in [7, 11) is 1.32. The second-order valence-corrected chi connectivity index (χ2v) is 3.88. The van der Waals surface area contributed by atoms with Crippen LogP contribution in [0.2, 0.25) is 0 Å². The molecule has 0 fully saturated rings. The van der Waals surface area contributed by atoms with Crippen LogP contribution in [0.4, 0.5) is 11.4 Å². The predicted octanol–water partition coefficient (Wildman–Crippen LogP) is 1.49. The molecule has 8 nitrogen and oxygen atoms in total. The van der Waals surface area contributed by atoms with E-state index < -0.39 is 22.9 Å². The molecule has 1 aromatic rings. The summed E-state index contributed by atoms with van der Waals surface area (Å²) in [5.74, 6) is -1.00. The van der Waals surface area contributed by atoms with Crippen molar-refractivity contribution in [1.29, 1.82) is 0 Å². The van der Waals surface area contributed by atoms with Crippen LogP contribution in [-0.4, -0.2) is 30.0 Å². The third-order valence-electron chi connectivity index (χ3n) is 2.37. The molecule has 0 saturated carbocycles. The molecule has 0 radical (unpaired) electrons. The number of methoxy groups -OCH3 is 1. The molecule has 20 heavy (non-hydrogen) atoms. The molecule has 8 heteroatoms. The van der Waals surface area contributed by atoms with E-state index in [1.54, 1.807) is 0 Å². The minimum Gasteiger partial charge on any atom is -0.494 e. The van der Waals surface area contributed by atoms with Gasteiger partial charge >= 0.3 is 5.97 Å². The van der Waals surface area contributed by atoms with E-state index in [0.29, 0.717) is 0 Å². The number of nitro benzene ring substituents is 1. The van der Waals surface area contributed by atoms with Gasteiger partial charge in [0.15, 0.2) is 6.10 Å². The molecule has 0 bridgehead atoms. The van der Waals surface area contributed by atoms with E-state index in [2.05, 4.69) is 5.32 Å². The zero-order chi connectivity index (χ0) is 15.3. The quantitative estimate of drug-likeness (QED) is 0.498. The summed E-state index contributed by atoms with van der Waals surface area (Å²) in [6, 6.07) is 3.76. The van der Waals surface area contributed by atoms with Crippen LogP contribution in [0.5, 0.6) is 5.75 Å². The van der Waals surface area contributed by atoms with Gasteiger partial charge < -0.3 is 14.8 Å². The number of carbonyl (C=O) groups is 2. The maximum atomic E-state index is 11.8. The monoisotopic (exact) mass is 282 g/mol. The van der Waals surface area contributed by atoms with Crippen molar-refractivity contribution in [3.8, 4) is 5.75 Å². The van der Waals surface area contributed by atoms with Gasteiger partial charge in [0.2, 0.25) is 0 Å². The second-order valence-electron chi connectivity index (χ2n) is 3.88. The van der Waals surface area contributed by atoms with Gasteiger partial charge in [0, 0.05) is 13.0 Å². The summed E-state index contributed by atoms with van der Waals surface area (Å²) in [4.78, 5) is 32.6. The molecule has 0 aromatic heterocycles. The number of esters is 1. The Morgan fingerprint density at radius 3 is 2.55 bits per heavy atom. The highest BCUT2D eigenvalue weighted by Gasteiger charge is 2.19.